The molecule has 7 nitrogen and oxygen atoms in total. The number of aromatic nitrogens is 2. The van der Waals surface area contributed by atoms with Crippen molar-refractivity contribution in [2.24, 2.45) is 0 Å². The lowest BCUT2D eigenvalue weighted by Gasteiger charge is -2.07. The fourth-order valence-electron chi connectivity index (χ4n) is 1.45. The number of benzene rings is 1. The van der Waals surface area contributed by atoms with Crippen molar-refractivity contribution in [3.63, 3.8) is 0 Å². The van der Waals surface area contributed by atoms with Gasteiger partial charge in [0, 0.05) is 5.69 Å². The largest absolute Gasteiger partial charge is 0.465 e. The van der Waals surface area contributed by atoms with Crippen molar-refractivity contribution < 1.29 is 9.53 Å². The second kappa shape index (κ2) is 5.21. The SMILES string of the molecule is COC(=O)c1ccc(Nc2nc[nH]c(=O)c2N)cc1. The first-order valence-corrected chi connectivity index (χ1v) is 5.40. The molecule has 4 N–H and O–H groups in total. The van der Waals surface area contributed by atoms with E-state index in [1.165, 1.54) is 13.4 Å². The molecule has 19 heavy (non-hydrogen) atoms. The number of hydrogen-bond donors (Lipinski definition) is 3. The normalized spacial score (nSPS) is 9.95. The lowest BCUT2D eigenvalue weighted by molar-refractivity contribution is 0.0601. The van der Waals surface area contributed by atoms with Crippen LogP contribution in [0.2, 0.25) is 0 Å². The summed E-state index contributed by atoms with van der Waals surface area (Å²) in [5.74, 6) is -0.157. The summed E-state index contributed by atoms with van der Waals surface area (Å²) < 4.78 is 4.59. The van der Waals surface area contributed by atoms with Gasteiger partial charge in [-0.15, -0.1) is 0 Å². The van der Waals surface area contributed by atoms with Crippen molar-refractivity contribution in [3.05, 3.63) is 46.5 Å². The number of carbonyl (C=O) groups excluding carboxylic acids is 1. The van der Waals surface area contributed by atoms with E-state index in [9.17, 15) is 9.59 Å². The molecule has 0 atom stereocenters. The molecule has 0 aliphatic carbocycles. The number of nitrogens with two attached hydrogens (primary N) is 1. The highest BCUT2D eigenvalue weighted by atomic mass is 16.5. The Bertz CT molecular complexity index is 649. The highest BCUT2D eigenvalue weighted by Crippen LogP contribution is 2.17. The molecule has 0 unspecified atom stereocenters. The van der Waals surface area contributed by atoms with E-state index < -0.39 is 11.5 Å². The van der Waals surface area contributed by atoms with E-state index in [2.05, 4.69) is 20.0 Å². The monoisotopic (exact) mass is 260 g/mol. The van der Waals surface area contributed by atoms with E-state index in [1.54, 1.807) is 24.3 Å². The summed E-state index contributed by atoms with van der Waals surface area (Å²) >= 11 is 0. The van der Waals surface area contributed by atoms with Crippen LogP contribution in [0.3, 0.4) is 0 Å². The van der Waals surface area contributed by atoms with Crippen molar-refractivity contribution in [3.8, 4) is 0 Å². The number of nitrogens with one attached hydrogen (secondary N) is 2. The molecule has 0 aliphatic rings. The molecule has 0 amide bonds. The number of ether oxygens (including phenoxy) is 1. The van der Waals surface area contributed by atoms with Crippen LogP contribution in [0.25, 0.3) is 0 Å². The van der Waals surface area contributed by atoms with Crippen LogP contribution in [-0.2, 0) is 4.74 Å². The fourth-order valence-corrected chi connectivity index (χ4v) is 1.45. The van der Waals surface area contributed by atoms with E-state index in [-0.39, 0.29) is 11.5 Å². The van der Waals surface area contributed by atoms with Crippen molar-refractivity contribution in [1.29, 1.82) is 0 Å². The minimum atomic E-state index is -0.416. The van der Waals surface area contributed by atoms with Crippen LogP contribution in [0.4, 0.5) is 17.2 Å². The summed E-state index contributed by atoms with van der Waals surface area (Å²) in [5.41, 5.74) is 6.25. The summed E-state index contributed by atoms with van der Waals surface area (Å²) in [6.07, 6.45) is 1.25. The zero-order valence-corrected chi connectivity index (χ0v) is 10.1. The van der Waals surface area contributed by atoms with Crippen molar-refractivity contribution in [2.45, 2.75) is 0 Å². The maximum atomic E-state index is 11.3. The van der Waals surface area contributed by atoms with E-state index in [4.69, 9.17) is 5.73 Å². The summed E-state index contributed by atoms with van der Waals surface area (Å²) in [6, 6.07) is 6.51. The highest BCUT2D eigenvalue weighted by Gasteiger charge is 2.07. The Morgan fingerprint density at radius 2 is 2.05 bits per heavy atom. The third-order valence-corrected chi connectivity index (χ3v) is 2.46. The molecule has 0 bridgehead atoms. The number of esters is 1. The quantitative estimate of drug-likeness (QED) is 0.707. The molecule has 1 aromatic heterocycles. The zero-order chi connectivity index (χ0) is 13.8. The van der Waals surface area contributed by atoms with Gasteiger partial charge in [-0.3, -0.25) is 4.79 Å². The number of hydrogen-bond acceptors (Lipinski definition) is 6. The predicted molar refractivity (Wildman–Crippen MR) is 70.3 cm³/mol. The van der Waals surface area contributed by atoms with Gasteiger partial charge in [0.25, 0.3) is 5.56 Å². The summed E-state index contributed by atoms with van der Waals surface area (Å²) in [6.45, 7) is 0. The van der Waals surface area contributed by atoms with E-state index in [1.807, 2.05) is 0 Å². The molecule has 98 valence electrons. The Balaban J connectivity index is 2.22. The second-order valence-electron chi connectivity index (χ2n) is 3.69. The molecule has 0 radical (unpaired) electrons. The molecule has 1 aromatic carbocycles. The summed E-state index contributed by atoms with van der Waals surface area (Å²) in [4.78, 5) is 28.8. The number of carbonyl (C=O) groups is 1. The van der Waals surface area contributed by atoms with Gasteiger partial charge in [0.05, 0.1) is 19.0 Å². The molecule has 0 aliphatic heterocycles. The molecule has 0 saturated carbocycles. The van der Waals surface area contributed by atoms with Crippen LogP contribution >= 0.6 is 0 Å². The first-order chi connectivity index (χ1) is 9.11. The lowest BCUT2D eigenvalue weighted by atomic mass is 10.2. The summed E-state index contributed by atoms with van der Waals surface area (Å²) in [5, 5.41) is 2.89. The van der Waals surface area contributed by atoms with Gasteiger partial charge in [0.15, 0.2) is 5.82 Å². The van der Waals surface area contributed by atoms with Gasteiger partial charge in [-0.1, -0.05) is 0 Å². The van der Waals surface area contributed by atoms with Gasteiger partial charge in [0.1, 0.15) is 5.69 Å². The molecule has 2 aromatic rings. The Labute approximate surface area is 108 Å². The predicted octanol–water partition coefficient (Wildman–Crippen LogP) is 0.882. The van der Waals surface area contributed by atoms with E-state index in [0.29, 0.717) is 11.3 Å². The highest BCUT2D eigenvalue weighted by molar-refractivity contribution is 5.89. The third kappa shape index (κ3) is 2.71. The van der Waals surface area contributed by atoms with Crippen LogP contribution in [0, 0.1) is 0 Å². The van der Waals surface area contributed by atoms with Crippen molar-refractivity contribution in [1.82, 2.24) is 9.97 Å². The number of rotatable bonds is 3. The van der Waals surface area contributed by atoms with Crippen LogP contribution in [0.15, 0.2) is 35.4 Å². The fraction of sp³-hybridized carbons (Fsp3) is 0.0833. The minimum Gasteiger partial charge on any atom is -0.465 e. The Hall–Kier alpha value is -2.83. The topological polar surface area (TPSA) is 110 Å². The van der Waals surface area contributed by atoms with E-state index >= 15 is 0 Å². The number of methoxy groups -OCH3 is 1. The van der Waals surface area contributed by atoms with Gasteiger partial charge in [-0.2, -0.15) is 0 Å². The molecule has 0 spiro atoms. The van der Waals surface area contributed by atoms with Crippen LogP contribution < -0.4 is 16.6 Å². The maximum Gasteiger partial charge on any atom is 0.337 e. The van der Waals surface area contributed by atoms with Gasteiger partial charge < -0.3 is 20.8 Å². The first kappa shape index (κ1) is 12.6. The smallest absolute Gasteiger partial charge is 0.337 e. The van der Waals surface area contributed by atoms with Crippen LogP contribution in [-0.4, -0.2) is 23.0 Å². The molecule has 1 heterocycles. The van der Waals surface area contributed by atoms with Gasteiger partial charge >= 0.3 is 5.97 Å². The third-order valence-electron chi connectivity index (χ3n) is 2.46. The standard InChI is InChI=1S/C12H12N4O3/c1-19-12(18)7-2-4-8(5-3-7)16-10-9(13)11(17)15-6-14-10/h2-6H,13H2,1H3,(H2,14,15,16,17). The van der Waals surface area contributed by atoms with Gasteiger partial charge in [-0.05, 0) is 24.3 Å². The van der Waals surface area contributed by atoms with Gasteiger partial charge in [0.2, 0.25) is 0 Å². The Morgan fingerprint density at radius 3 is 2.68 bits per heavy atom. The lowest BCUT2D eigenvalue weighted by Crippen LogP contribution is -2.14. The second-order valence-corrected chi connectivity index (χ2v) is 3.69. The number of H-pyrrole nitrogens is 1. The molecule has 0 fully saturated rings. The Kier molecular flexibility index (Phi) is 3.46. The van der Waals surface area contributed by atoms with Crippen LogP contribution in [0.5, 0.6) is 0 Å². The average Bonchev–Trinajstić information content (AvgIpc) is 2.44. The molecular formula is C12H12N4O3. The molecule has 0 saturated heterocycles. The van der Waals surface area contributed by atoms with Crippen molar-refractivity contribution >= 4 is 23.2 Å². The molecule has 2 rings (SSSR count). The van der Waals surface area contributed by atoms with Crippen LogP contribution in [0.1, 0.15) is 10.4 Å². The Morgan fingerprint density at radius 1 is 1.37 bits per heavy atom. The number of nitrogens with zero attached hydrogens (tertiary/aromatic N) is 1. The molecular weight excluding hydrogens is 248 g/mol. The van der Waals surface area contributed by atoms with E-state index in [0.717, 1.165) is 0 Å². The minimum absolute atomic E-state index is 0.000422. The average molecular weight is 260 g/mol. The number of anilines is 3. The number of nitrogen functional groups attached to an aromatic ring is 1. The van der Waals surface area contributed by atoms with Gasteiger partial charge in [-0.25, -0.2) is 9.78 Å². The number of aromatic amines is 1. The van der Waals surface area contributed by atoms with Crippen molar-refractivity contribution in [2.75, 3.05) is 18.2 Å². The maximum absolute atomic E-state index is 11.3. The first-order valence-electron chi connectivity index (χ1n) is 5.40. The summed E-state index contributed by atoms with van der Waals surface area (Å²) in [7, 11) is 1.31. The zero-order valence-electron chi connectivity index (χ0n) is 10.1. The molecule has 7 heteroatoms.